The largest absolute Gasteiger partial charge is 0.304 e. The van der Waals surface area contributed by atoms with E-state index in [9.17, 15) is 0 Å². The van der Waals surface area contributed by atoms with E-state index < -0.39 is 0 Å². The average Bonchev–Trinajstić information content (AvgIpc) is 3.26. The van der Waals surface area contributed by atoms with E-state index >= 15 is 0 Å². The fourth-order valence-electron chi connectivity index (χ4n) is 5.06. The summed E-state index contributed by atoms with van der Waals surface area (Å²) in [6.07, 6.45) is 0.872. The third-order valence-electron chi connectivity index (χ3n) is 6.85. The summed E-state index contributed by atoms with van der Waals surface area (Å²) in [6, 6.07) is 43.0. The van der Waals surface area contributed by atoms with Crippen molar-refractivity contribution in [1.29, 1.82) is 0 Å². The zero-order valence-electron chi connectivity index (χ0n) is 20.4. The Labute approximate surface area is 212 Å². The van der Waals surface area contributed by atoms with Crippen LogP contribution in [-0.2, 0) is 13.0 Å². The molecule has 0 bridgehead atoms. The first-order valence-corrected chi connectivity index (χ1v) is 12.5. The Morgan fingerprint density at radius 1 is 0.667 bits per heavy atom. The Balaban J connectivity index is 1.43. The highest BCUT2D eigenvalue weighted by Crippen LogP contribution is 2.32. The molecule has 0 fully saturated rings. The van der Waals surface area contributed by atoms with Gasteiger partial charge in [0.15, 0.2) is 0 Å². The van der Waals surface area contributed by atoms with Crippen LogP contribution >= 0.6 is 0 Å². The topological polar surface area (TPSA) is 29.9 Å². The fourth-order valence-corrected chi connectivity index (χ4v) is 5.06. The highest BCUT2D eigenvalue weighted by molar-refractivity contribution is 6.09. The molecule has 6 rings (SSSR count). The number of aryl methyl sites for hydroxylation is 1. The maximum atomic E-state index is 5.25. The molecule has 0 saturated carbocycles. The van der Waals surface area contributed by atoms with Gasteiger partial charge in [-0.15, -0.1) is 0 Å². The van der Waals surface area contributed by atoms with Crippen molar-refractivity contribution in [2.75, 3.05) is 0 Å². The van der Waals surface area contributed by atoms with Gasteiger partial charge >= 0.3 is 0 Å². The highest BCUT2D eigenvalue weighted by Gasteiger charge is 2.17. The second-order valence-electron chi connectivity index (χ2n) is 9.40. The number of nitrogens with zero attached hydrogens (tertiary/aromatic N) is 2. The van der Waals surface area contributed by atoms with Crippen LogP contribution in [-0.4, -0.2) is 9.55 Å². The summed E-state index contributed by atoms with van der Waals surface area (Å²) in [5, 5.41) is 6.30. The van der Waals surface area contributed by atoms with Crippen molar-refractivity contribution in [3.63, 3.8) is 0 Å². The molecule has 0 aliphatic rings. The molecular formula is C33H29N3. The van der Waals surface area contributed by atoms with Crippen molar-refractivity contribution in [3.05, 3.63) is 144 Å². The molecule has 2 aromatic heterocycles. The third-order valence-corrected chi connectivity index (χ3v) is 6.85. The average molecular weight is 468 g/mol. The lowest BCUT2D eigenvalue weighted by molar-refractivity contribution is 0.518. The molecule has 0 amide bonds. The number of nitrogens with one attached hydrogen (secondary N) is 1. The van der Waals surface area contributed by atoms with Crippen molar-refractivity contribution in [3.8, 4) is 5.82 Å². The first-order valence-electron chi connectivity index (χ1n) is 12.5. The third kappa shape index (κ3) is 4.41. The fraction of sp³-hybridized carbons (Fsp3) is 0.121. The maximum Gasteiger partial charge on any atom is 0.137 e. The van der Waals surface area contributed by atoms with Gasteiger partial charge in [0, 0.05) is 17.3 Å². The van der Waals surface area contributed by atoms with Crippen LogP contribution in [0.25, 0.3) is 27.6 Å². The van der Waals surface area contributed by atoms with E-state index in [2.05, 4.69) is 138 Å². The molecule has 1 unspecified atom stereocenters. The van der Waals surface area contributed by atoms with E-state index in [-0.39, 0.29) is 6.04 Å². The van der Waals surface area contributed by atoms with E-state index in [1.807, 2.05) is 0 Å². The van der Waals surface area contributed by atoms with Gasteiger partial charge in [-0.25, -0.2) is 4.98 Å². The predicted molar refractivity (Wildman–Crippen MR) is 149 cm³/mol. The summed E-state index contributed by atoms with van der Waals surface area (Å²) < 4.78 is 2.30. The SMILES string of the molecule is Cc1ccc2c(c1)c1ccccc1n2-c1cccc(C(Cc2ccccc2)NCc2ccccc2)n1. The molecule has 6 aromatic rings. The minimum Gasteiger partial charge on any atom is -0.304 e. The molecule has 0 aliphatic heterocycles. The molecule has 3 heteroatoms. The monoisotopic (exact) mass is 467 g/mol. The summed E-state index contributed by atoms with van der Waals surface area (Å²) in [5.41, 5.74) is 7.24. The van der Waals surface area contributed by atoms with Crippen molar-refractivity contribution >= 4 is 21.8 Å². The molecule has 0 radical (unpaired) electrons. The number of hydrogen-bond acceptors (Lipinski definition) is 2. The number of aromatic nitrogens is 2. The molecule has 4 aromatic carbocycles. The molecular weight excluding hydrogens is 438 g/mol. The normalized spacial score (nSPS) is 12.2. The first kappa shape index (κ1) is 22.3. The second kappa shape index (κ2) is 9.80. The van der Waals surface area contributed by atoms with Crippen molar-refractivity contribution in [1.82, 2.24) is 14.9 Å². The quantitative estimate of drug-likeness (QED) is 0.262. The molecule has 0 spiro atoms. The predicted octanol–water partition coefficient (Wildman–Crippen LogP) is 7.56. The summed E-state index contributed by atoms with van der Waals surface area (Å²) in [6.45, 7) is 2.94. The molecule has 0 aliphatic carbocycles. The van der Waals surface area contributed by atoms with Crippen LogP contribution in [0.2, 0.25) is 0 Å². The number of pyridine rings is 1. The van der Waals surface area contributed by atoms with Crippen LogP contribution < -0.4 is 5.32 Å². The molecule has 176 valence electrons. The van der Waals surface area contributed by atoms with E-state index in [0.717, 1.165) is 24.5 Å². The van der Waals surface area contributed by atoms with E-state index in [0.29, 0.717) is 0 Å². The molecule has 3 nitrogen and oxygen atoms in total. The number of fused-ring (bicyclic) bond motifs is 3. The van der Waals surface area contributed by atoms with Crippen molar-refractivity contribution in [2.45, 2.75) is 25.9 Å². The van der Waals surface area contributed by atoms with Gasteiger partial charge in [-0.3, -0.25) is 4.57 Å². The second-order valence-corrected chi connectivity index (χ2v) is 9.40. The Bertz CT molecular complexity index is 1620. The van der Waals surface area contributed by atoms with Crippen LogP contribution in [0.1, 0.15) is 28.4 Å². The van der Waals surface area contributed by atoms with Gasteiger partial charge in [-0.05, 0) is 54.8 Å². The smallest absolute Gasteiger partial charge is 0.137 e. The Kier molecular flexibility index (Phi) is 6.06. The minimum atomic E-state index is 0.0860. The standard InChI is InChI=1S/C33H29N3/c1-24-19-20-32-28(21-24)27-15-8-9-17-31(27)36(32)33-18-10-16-29(35-33)30(22-25-11-4-2-5-12-25)34-23-26-13-6-3-7-14-26/h2-21,30,34H,22-23H2,1H3. The summed E-state index contributed by atoms with van der Waals surface area (Å²) >= 11 is 0. The molecule has 1 N–H and O–H groups in total. The number of rotatable bonds is 7. The van der Waals surface area contributed by atoms with Crippen LogP contribution in [0, 0.1) is 6.92 Å². The molecule has 1 atom stereocenters. The zero-order chi connectivity index (χ0) is 24.3. The van der Waals surface area contributed by atoms with Crippen LogP contribution in [0.3, 0.4) is 0 Å². The van der Waals surface area contributed by atoms with Crippen molar-refractivity contribution in [2.24, 2.45) is 0 Å². The lowest BCUT2D eigenvalue weighted by Gasteiger charge is -2.20. The van der Waals surface area contributed by atoms with Gasteiger partial charge in [0.2, 0.25) is 0 Å². The van der Waals surface area contributed by atoms with Gasteiger partial charge < -0.3 is 5.32 Å². The molecule has 2 heterocycles. The lowest BCUT2D eigenvalue weighted by Crippen LogP contribution is -2.24. The minimum absolute atomic E-state index is 0.0860. The number of hydrogen-bond donors (Lipinski definition) is 1. The molecule has 0 saturated heterocycles. The van der Waals surface area contributed by atoms with E-state index in [1.165, 1.54) is 38.5 Å². The Morgan fingerprint density at radius 2 is 1.36 bits per heavy atom. The van der Waals surface area contributed by atoms with Crippen LogP contribution in [0.15, 0.2) is 121 Å². The Morgan fingerprint density at radius 3 is 2.17 bits per heavy atom. The van der Waals surface area contributed by atoms with Gasteiger partial charge in [0.05, 0.1) is 22.8 Å². The molecule has 36 heavy (non-hydrogen) atoms. The number of para-hydroxylation sites is 1. The Hall–Kier alpha value is -4.21. The van der Waals surface area contributed by atoms with Crippen molar-refractivity contribution < 1.29 is 0 Å². The summed E-state index contributed by atoms with van der Waals surface area (Å²) in [5.74, 6) is 0.946. The van der Waals surface area contributed by atoms with Gasteiger partial charge in [-0.1, -0.05) is 96.6 Å². The zero-order valence-corrected chi connectivity index (χ0v) is 20.4. The van der Waals surface area contributed by atoms with Gasteiger partial charge in [0.1, 0.15) is 5.82 Å². The van der Waals surface area contributed by atoms with E-state index in [1.54, 1.807) is 0 Å². The highest BCUT2D eigenvalue weighted by atomic mass is 15.1. The van der Waals surface area contributed by atoms with E-state index in [4.69, 9.17) is 4.98 Å². The van der Waals surface area contributed by atoms with Gasteiger partial charge in [-0.2, -0.15) is 0 Å². The van der Waals surface area contributed by atoms with Gasteiger partial charge in [0.25, 0.3) is 0 Å². The number of benzene rings is 4. The summed E-state index contributed by atoms with van der Waals surface area (Å²) in [7, 11) is 0. The lowest BCUT2D eigenvalue weighted by atomic mass is 10.0. The van der Waals surface area contributed by atoms with Crippen LogP contribution in [0.4, 0.5) is 0 Å². The summed E-state index contributed by atoms with van der Waals surface area (Å²) in [4.78, 5) is 5.25. The first-order chi connectivity index (χ1) is 17.8. The van der Waals surface area contributed by atoms with Crippen LogP contribution in [0.5, 0.6) is 0 Å². The maximum absolute atomic E-state index is 5.25.